The van der Waals surface area contributed by atoms with Crippen LogP contribution in [0.2, 0.25) is 0 Å². The van der Waals surface area contributed by atoms with E-state index in [0.717, 1.165) is 5.56 Å². The zero-order chi connectivity index (χ0) is 14.4. The fourth-order valence-corrected chi connectivity index (χ4v) is 2.64. The van der Waals surface area contributed by atoms with E-state index in [4.69, 9.17) is 14.2 Å². The van der Waals surface area contributed by atoms with Gasteiger partial charge in [-0.15, -0.1) is 0 Å². The lowest BCUT2D eigenvalue weighted by Gasteiger charge is -2.40. The van der Waals surface area contributed by atoms with Crippen molar-refractivity contribution in [1.29, 1.82) is 0 Å². The van der Waals surface area contributed by atoms with Crippen LogP contribution in [0, 0.1) is 0 Å². The smallest absolute Gasteiger partial charge is 0.137 e. The van der Waals surface area contributed by atoms with Gasteiger partial charge in [0, 0.05) is 44.4 Å². The third kappa shape index (κ3) is 3.29. The number of aliphatic hydroxyl groups excluding tert-OH is 1. The summed E-state index contributed by atoms with van der Waals surface area (Å²) < 4.78 is 16.7. The van der Waals surface area contributed by atoms with Crippen molar-refractivity contribution in [3.05, 3.63) is 24.0 Å². The van der Waals surface area contributed by atoms with Gasteiger partial charge in [-0.25, -0.2) is 0 Å². The summed E-state index contributed by atoms with van der Waals surface area (Å²) in [6.07, 6.45) is 3.96. The molecule has 1 fully saturated rings. The molecule has 0 radical (unpaired) electrons. The Morgan fingerprint density at radius 2 is 2.05 bits per heavy atom. The minimum atomic E-state index is -0.723. The predicted octanol–water partition coefficient (Wildman–Crippen LogP) is 2.10. The fraction of sp³-hybridized carbons (Fsp3) is 0.667. The lowest BCUT2D eigenvalue weighted by molar-refractivity contribution is -0.168. The Labute approximate surface area is 119 Å². The molecule has 0 bridgehead atoms. The molecule has 0 saturated carbocycles. The molecule has 1 aliphatic heterocycles. The highest BCUT2D eigenvalue weighted by Crippen LogP contribution is 2.38. The van der Waals surface area contributed by atoms with Crippen molar-refractivity contribution in [1.82, 2.24) is 4.98 Å². The summed E-state index contributed by atoms with van der Waals surface area (Å²) >= 11 is 0. The SMILES string of the molecule is CCOc1cncc(C(O)C2(OCC)CCOCC2)c1. The molecule has 1 atom stereocenters. The maximum atomic E-state index is 10.7. The van der Waals surface area contributed by atoms with Crippen LogP contribution in [0.1, 0.15) is 38.4 Å². The predicted molar refractivity (Wildman–Crippen MR) is 74.8 cm³/mol. The molecule has 0 spiro atoms. The zero-order valence-electron chi connectivity index (χ0n) is 12.2. The standard InChI is InChI=1S/C15H23NO4/c1-3-19-13-9-12(10-16-11-13)14(17)15(20-4-2)5-7-18-8-6-15/h9-11,14,17H,3-8H2,1-2H3. The Morgan fingerprint density at radius 1 is 1.30 bits per heavy atom. The van der Waals surface area contributed by atoms with Gasteiger partial charge in [0.05, 0.1) is 12.8 Å². The van der Waals surface area contributed by atoms with Crippen LogP contribution in [0.5, 0.6) is 5.75 Å². The highest BCUT2D eigenvalue weighted by molar-refractivity contribution is 5.27. The van der Waals surface area contributed by atoms with Crippen molar-refractivity contribution in [2.45, 2.75) is 38.4 Å². The second-order valence-corrected chi connectivity index (χ2v) is 4.90. The molecule has 5 heteroatoms. The maximum Gasteiger partial charge on any atom is 0.137 e. The highest BCUT2D eigenvalue weighted by Gasteiger charge is 2.41. The second kappa shape index (κ2) is 7.02. The Bertz CT molecular complexity index is 413. The van der Waals surface area contributed by atoms with Crippen LogP contribution in [0.4, 0.5) is 0 Å². The first-order valence-corrected chi connectivity index (χ1v) is 7.19. The molecule has 1 aromatic rings. The van der Waals surface area contributed by atoms with E-state index in [1.54, 1.807) is 12.4 Å². The van der Waals surface area contributed by atoms with E-state index < -0.39 is 11.7 Å². The summed E-state index contributed by atoms with van der Waals surface area (Å²) in [5, 5.41) is 10.7. The molecule has 2 rings (SSSR count). The molecule has 112 valence electrons. The third-order valence-corrected chi connectivity index (χ3v) is 3.63. The summed E-state index contributed by atoms with van der Waals surface area (Å²) in [6.45, 7) is 6.22. The number of hydrogen-bond acceptors (Lipinski definition) is 5. The average Bonchev–Trinajstić information content (AvgIpc) is 2.48. The van der Waals surface area contributed by atoms with Crippen LogP contribution in [0.3, 0.4) is 0 Å². The number of nitrogens with zero attached hydrogens (tertiary/aromatic N) is 1. The number of ether oxygens (including phenoxy) is 3. The monoisotopic (exact) mass is 281 g/mol. The van der Waals surface area contributed by atoms with Gasteiger partial charge < -0.3 is 19.3 Å². The van der Waals surface area contributed by atoms with Gasteiger partial charge in [-0.1, -0.05) is 0 Å². The molecular weight excluding hydrogens is 258 g/mol. The summed E-state index contributed by atoms with van der Waals surface area (Å²) in [5.74, 6) is 0.669. The lowest BCUT2D eigenvalue weighted by atomic mass is 9.84. The van der Waals surface area contributed by atoms with Crippen molar-refractivity contribution in [3.8, 4) is 5.75 Å². The van der Waals surface area contributed by atoms with Crippen molar-refractivity contribution < 1.29 is 19.3 Å². The van der Waals surface area contributed by atoms with Gasteiger partial charge in [-0.2, -0.15) is 0 Å². The minimum absolute atomic E-state index is 0.565. The van der Waals surface area contributed by atoms with E-state index in [-0.39, 0.29) is 0 Å². The van der Waals surface area contributed by atoms with Gasteiger partial charge in [-0.3, -0.25) is 4.98 Å². The molecule has 0 aromatic carbocycles. The summed E-state index contributed by atoms with van der Waals surface area (Å²) in [5.41, 5.74) is 0.144. The van der Waals surface area contributed by atoms with Gasteiger partial charge in [0.15, 0.2) is 0 Å². The van der Waals surface area contributed by atoms with Gasteiger partial charge in [0.25, 0.3) is 0 Å². The minimum Gasteiger partial charge on any atom is -0.492 e. The van der Waals surface area contributed by atoms with Crippen LogP contribution in [0.15, 0.2) is 18.5 Å². The van der Waals surface area contributed by atoms with E-state index in [9.17, 15) is 5.11 Å². The number of pyridine rings is 1. The van der Waals surface area contributed by atoms with Gasteiger partial charge in [-0.05, 0) is 19.9 Å². The van der Waals surface area contributed by atoms with Crippen LogP contribution in [-0.2, 0) is 9.47 Å². The maximum absolute atomic E-state index is 10.7. The van der Waals surface area contributed by atoms with E-state index in [1.165, 1.54) is 0 Å². The van der Waals surface area contributed by atoms with Crippen LogP contribution in [0.25, 0.3) is 0 Å². The van der Waals surface area contributed by atoms with Crippen molar-refractivity contribution >= 4 is 0 Å². The van der Waals surface area contributed by atoms with E-state index in [0.29, 0.717) is 45.0 Å². The van der Waals surface area contributed by atoms with Crippen LogP contribution >= 0.6 is 0 Å². The molecule has 1 saturated heterocycles. The van der Waals surface area contributed by atoms with Crippen molar-refractivity contribution in [2.24, 2.45) is 0 Å². The van der Waals surface area contributed by atoms with E-state index in [2.05, 4.69) is 4.98 Å². The largest absolute Gasteiger partial charge is 0.492 e. The molecular formula is C15H23NO4. The normalized spacial score (nSPS) is 19.6. The summed E-state index contributed by atoms with van der Waals surface area (Å²) in [4.78, 5) is 4.14. The average molecular weight is 281 g/mol. The molecule has 20 heavy (non-hydrogen) atoms. The Morgan fingerprint density at radius 3 is 2.70 bits per heavy atom. The number of aliphatic hydroxyl groups is 1. The number of aromatic nitrogens is 1. The van der Waals surface area contributed by atoms with E-state index >= 15 is 0 Å². The summed E-state index contributed by atoms with van der Waals surface area (Å²) in [7, 11) is 0. The summed E-state index contributed by atoms with van der Waals surface area (Å²) in [6, 6.07) is 1.83. The van der Waals surface area contributed by atoms with Gasteiger partial charge in [0.2, 0.25) is 0 Å². The number of hydrogen-bond donors (Lipinski definition) is 1. The quantitative estimate of drug-likeness (QED) is 0.865. The van der Waals surface area contributed by atoms with Crippen LogP contribution in [-0.4, -0.2) is 42.1 Å². The molecule has 1 aromatic heterocycles. The second-order valence-electron chi connectivity index (χ2n) is 4.90. The topological polar surface area (TPSA) is 60.8 Å². The first-order valence-electron chi connectivity index (χ1n) is 7.19. The highest BCUT2D eigenvalue weighted by atomic mass is 16.5. The Hall–Kier alpha value is -1.17. The van der Waals surface area contributed by atoms with Crippen molar-refractivity contribution in [3.63, 3.8) is 0 Å². The first-order chi connectivity index (χ1) is 9.72. The van der Waals surface area contributed by atoms with E-state index in [1.807, 2.05) is 19.9 Å². The lowest BCUT2D eigenvalue weighted by Crippen LogP contribution is -2.44. The molecule has 0 amide bonds. The molecule has 1 unspecified atom stereocenters. The molecule has 0 aliphatic carbocycles. The first kappa shape index (κ1) is 15.2. The molecule has 1 N–H and O–H groups in total. The van der Waals surface area contributed by atoms with Crippen molar-refractivity contribution in [2.75, 3.05) is 26.4 Å². The molecule has 2 heterocycles. The molecule has 1 aliphatic rings. The third-order valence-electron chi connectivity index (χ3n) is 3.63. The Balaban J connectivity index is 2.22. The van der Waals surface area contributed by atoms with Gasteiger partial charge >= 0.3 is 0 Å². The Kier molecular flexibility index (Phi) is 5.34. The van der Waals surface area contributed by atoms with Crippen LogP contribution < -0.4 is 4.74 Å². The molecule has 5 nitrogen and oxygen atoms in total. The van der Waals surface area contributed by atoms with Gasteiger partial charge in [0.1, 0.15) is 17.5 Å². The number of rotatable bonds is 6. The zero-order valence-corrected chi connectivity index (χ0v) is 12.2. The fourth-order valence-electron chi connectivity index (χ4n) is 2.64.